The predicted octanol–water partition coefficient (Wildman–Crippen LogP) is 3.24. The number of aliphatic hydroxyl groups excluding tert-OH is 1. The normalized spacial score (nSPS) is 26.6. The molecule has 3 rings (SSSR count). The first-order valence-electron chi connectivity index (χ1n) is 10.2. The van der Waals surface area contributed by atoms with Crippen LogP contribution in [0, 0.1) is 5.92 Å². The molecule has 0 aromatic heterocycles. The van der Waals surface area contributed by atoms with E-state index in [4.69, 9.17) is 9.47 Å². The maximum absolute atomic E-state index is 12.3. The Hall–Kier alpha value is -1.41. The van der Waals surface area contributed by atoms with Crippen molar-refractivity contribution in [1.29, 1.82) is 0 Å². The van der Waals surface area contributed by atoms with Crippen molar-refractivity contribution in [3.63, 3.8) is 0 Å². The van der Waals surface area contributed by atoms with E-state index in [2.05, 4.69) is 6.92 Å². The molecular formula is C21H33NO5Si. The number of hydrogen-bond acceptors (Lipinski definition) is 5. The Bertz CT molecular complexity index is 705. The first-order valence-corrected chi connectivity index (χ1v) is 13.3. The van der Waals surface area contributed by atoms with Crippen LogP contribution >= 0.6 is 0 Å². The highest BCUT2D eigenvalue weighted by Crippen LogP contribution is 2.47. The largest absolute Gasteiger partial charge is 0.490 e. The lowest BCUT2D eigenvalue weighted by Crippen LogP contribution is -2.48. The van der Waals surface area contributed by atoms with Gasteiger partial charge in [0.25, 0.3) is 0 Å². The Labute approximate surface area is 168 Å². The Balaban J connectivity index is 1.95. The number of benzene rings is 1. The quantitative estimate of drug-likeness (QED) is 0.708. The average Bonchev–Trinajstić information content (AvgIpc) is 2.65. The number of carbonyl (C=O) groups excluding carboxylic acids is 1. The predicted molar refractivity (Wildman–Crippen MR) is 111 cm³/mol. The van der Waals surface area contributed by atoms with Crippen LogP contribution in [0.15, 0.2) is 18.2 Å². The molecule has 2 heterocycles. The molecular weight excluding hydrogens is 374 g/mol. The number of anilines is 1. The van der Waals surface area contributed by atoms with Crippen LogP contribution < -0.4 is 9.64 Å². The number of aliphatic hydroxyl groups is 1. The molecule has 2 aliphatic heterocycles. The van der Waals surface area contributed by atoms with Crippen LogP contribution in [0.2, 0.25) is 18.6 Å². The van der Waals surface area contributed by atoms with Crippen LogP contribution in [0.3, 0.4) is 0 Å². The average molecular weight is 408 g/mol. The minimum absolute atomic E-state index is 0.0142. The van der Waals surface area contributed by atoms with E-state index in [1.54, 1.807) is 7.11 Å². The number of carbonyl (C=O) groups is 1. The topological polar surface area (TPSA) is 79.2 Å². The van der Waals surface area contributed by atoms with Gasteiger partial charge >= 0.3 is 0 Å². The third-order valence-electron chi connectivity index (χ3n) is 6.19. The number of methoxy groups -OCH3 is 1. The minimum atomic E-state index is -2.54. The summed E-state index contributed by atoms with van der Waals surface area (Å²) < 4.78 is 12.2. The van der Waals surface area contributed by atoms with Crippen LogP contribution in [0.4, 0.5) is 5.69 Å². The van der Waals surface area contributed by atoms with E-state index in [-0.39, 0.29) is 36.2 Å². The van der Waals surface area contributed by atoms with Crippen molar-refractivity contribution in [3.05, 3.63) is 23.8 Å². The molecule has 1 aromatic carbocycles. The number of ether oxygens (including phenoxy) is 2. The van der Waals surface area contributed by atoms with Crippen molar-refractivity contribution < 1.29 is 24.2 Å². The lowest BCUT2D eigenvalue weighted by molar-refractivity contribution is -0.119. The second-order valence-corrected chi connectivity index (χ2v) is 12.6. The summed E-state index contributed by atoms with van der Waals surface area (Å²) >= 11 is 0. The van der Waals surface area contributed by atoms with Crippen LogP contribution in [0.1, 0.15) is 44.3 Å². The maximum Gasteiger partial charge on any atom is 0.226 e. The molecule has 1 saturated heterocycles. The smallest absolute Gasteiger partial charge is 0.226 e. The molecule has 0 saturated carbocycles. The summed E-state index contributed by atoms with van der Waals surface area (Å²) in [6.45, 7) is 6.63. The number of rotatable bonds is 6. The van der Waals surface area contributed by atoms with E-state index < -0.39 is 8.32 Å². The lowest BCUT2D eigenvalue weighted by Gasteiger charge is -2.44. The molecule has 0 spiro atoms. The van der Waals surface area contributed by atoms with E-state index in [9.17, 15) is 14.7 Å². The highest BCUT2D eigenvalue weighted by molar-refractivity contribution is 6.71. The SMILES string of the molecule is CO[C@H]1c2cc(N3CCCCC3=O)ccc2O[C@@H](C(CCO)[Si](C)(C)O)[C@@H]1C. The highest BCUT2D eigenvalue weighted by atomic mass is 28.4. The summed E-state index contributed by atoms with van der Waals surface area (Å²) in [6, 6.07) is 5.87. The van der Waals surface area contributed by atoms with Gasteiger partial charge in [0.15, 0.2) is 8.32 Å². The van der Waals surface area contributed by atoms with Crippen LogP contribution in [-0.4, -0.2) is 50.5 Å². The first-order chi connectivity index (χ1) is 13.3. The Kier molecular flexibility index (Phi) is 6.49. The van der Waals surface area contributed by atoms with Crippen molar-refractivity contribution in [2.75, 3.05) is 25.2 Å². The first kappa shape index (κ1) is 21.3. The van der Waals surface area contributed by atoms with Gasteiger partial charge in [0, 0.05) is 49.4 Å². The molecule has 1 aromatic rings. The molecule has 2 N–H and O–H groups in total. The summed E-state index contributed by atoms with van der Waals surface area (Å²) in [5.74, 6) is 0.920. The van der Waals surface area contributed by atoms with Crippen molar-refractivity contribution >= 4 is 19.9 Å². The van der Waals surface area contributed by atoms with Crippen LogP contribution in [0.5, 0.6) is 5.75 Å². The summed E-state index contributed by atoms with van der Waals surface area (Å²) in [5.41, 5.74) is 1.74. The minimum Gasteiger partial charge on any atom is -0.490 e. The van der Waals surface area contributed by atoms with Crippen molar-refractivity contribution in [1.82, 2.24) is 0 Å². The number of piperidine rings is 1. The van der Waals surface area contributed by atoms with Crippen LogP contribution in [0.25, 0.3) is 0 Å². The number of hydrogen-bond donors (Lipinski definition) is 2. The molecule has 0 bridgehead atoms. The highest BCUT2D eigenvalue weighted by Gasteiger charge is 2.46. The number of amides is 1. The monoisotopic (exact) mass is 407 g/mol. The molecule has 0 radical (unpaired) electrons. The van der Waals surface area contributed by atoms with E-state index in [1.807, 2.05) is 36.2 Å². The maximum atomic E-state index is 12.3. The Morgan fingerprint density at radius 3 is 2.71 bits per heavy atom. The molecule has 6 nitrogen and oxygen atoms in total. The molecule has 0 aliphatic carbocycles. The van der Waals surface area contributed by atoms with Gasteiger partial charge in [-0.15, -0.1) is 0 Å². The van der Waals surface area contributed by atoms with E-state index in [1.165, 1.54) is 0 Å². The second-order valence-electron chi connectivity index (χ2n) is 8.59. The molecule has 1 fully saturated rings. The molecule has 1 unspecified atom stereocenters. The van der Waals surface area contributed by atoms with Gasteiger partial charge in [0.05, 0.1) is 6.10 Å². The van der Waals surface area contributed by atoms with Gasteiger partial charge in [0.1, 0.15) is 11.9 Å². The summed E-state index contributed by atoms with van der Waals surface area (Å²) in [7, 11) is -0.852. The van der Waals surface area contributed by atoms with Crippen molar-refractivity contribution in [2.45, 2.75) is 63.5 Å². The van der Waals surface area contributed by atoms with Gasteiger partial charge < -0.3 is 24.3 Å². The zero-order chi connectivity index (χ0) is 20.5. The molecule has 7 heteroatoms. The molecule has 28 heavy (non-hydrogen) atoms. The fraction of sp³-hybridized carbons (Fsp3) is 0.667. The van der Waals surface area contributed by atoms with Gasteiger partial charge in [-0.3, -0.25) is 4.79 Å². The molecule has 1 amide bonds. The van der Waals surface area contributed by atoms with Gasteiger partial charge in [-0.25, -0.2) is 0 Å². The summed E-state index contributed by atoms with van der Waals surface area (Å²) in [5, 5.41) is 9.53. The molecule has 4 atom stereocenters. The van der Waals surface area contributed by atoms with Crippen LogP contribution in [-0.2, 0) is 9.53 Å². The summed E-state index contributed by atoms with van der Waals surface area (Å²) in [4.78, 5) is 25.0. The lowest BCUT2D eigenvalue weighted by atomic mass is 9.86. The molecule has 156 valence electrons. The van der Waals surface area contributed by atoms with Crippen molar-refractivity contribution in [3.8, 4) is 5.75 Å². The van der Waals surface area contributed by atoms with E-state index in [0.29, 0.717) is 12.8 Å². The second kappa shape index (κ2) is 8.53. The Morgan fingerprint density at radius 1 is 1.36 bits per heavy atom. The summed E-state index contributed by atoms with van der Waals surface area (Å²) in [6.07, 6.45) is 2.67. The van der Waals surface area contributed by atoms with E-state index in [0.717, 1.165) is 36.4 Å². The molecule has 2 aliphatic rings. The van der Waals surface area contributed by atoms with Gasteiger partial charge in [0.2, 0.25) is 5.91 Å². The van der Waals surface area contributed by atoms with Gasteiger partial charge in [-0.05, 0) is 50.6 Å². The fourth-order valence-electron chi connectivity index (χ4n) is 4.67. The fourth-order valence-corrected chi connectivity index (χ4v) is 6.68. The van der Waals surface area contributed by atoms with Crippen molar-refractivity contribution in [2.24, 2.45) is 5.92 Å². The van der Waals surface area contributed by atoms with Gasteiger partial charge in [-0.1, -0.05) is 6.92 Å². The third kappa shape index (κ3) is 4.12. The number of fused-ring (bicyclic) bond motifs is 1. The van der Waals surface area contributed by atoms with Gasteiger partial charge in [-0.2, -0.15) is 0 Å². The standard InChI is InChI=1S/C21H33NO5Si/c1-14-20(26-2)16-13-15(22-11-6-5-7-19(22)24)8-9-17(16)27-21(14)18(10-12-23)28(3,4)25/h8-9,13-14,18,20-21,23,25H,5-7,10-12H2,1-4H3/t14-,18?,20-,21-/m1/s1. The third-order valence-corrected chi connectivity index (χ3v) is 8.62. The number of nitrogens with zero attached hydrogens (tertiary/aromatic N) is 1. The van der Waals surface area contributed by atoms with E-state index >= 15 is 0 Å². The Morgan fingerprint density at radius 2 is 2.11 bits per heavy atom. The zero-order valence-electron chi connectivity index (χ0n) is 17.4. The zero-order valence-corrected chi connectivity index (χ0v) is 18.4.